The Morgan fingerprint density at radius 2 is 2.05 bits per heavy atom. The Balaban J connectivity index is 2.05. The molecule has 2 N–H and O–H groups in total. The lowest BCUT2D eigenvalue weighted by Crippen LogP contribution is -2.47. The van der Waals surface area contributed by atoms with Gasteiger partial charge in [-0.15, -0.1) is 0 Å². The molecule has 1 unspecified atom stereocenters. The molecule has 1 amide bonds. The third kappa shape index (κ3) is 3.69. The molecule has 1 fully saturated rings. The second kappa shape index (κ2) is 6.08. The van der Waals surface area contributed by atoms with Crippen LogP contribution in [0.15, 0.2) is 23.9 Å². The van der Waals surface area contributed by atoms with Crippen molar-refractivity contribution in [3.05, 3.63) is 23.9 Å². The minimum Gasteiger partial charge on any atom is -0.379 e. The van der Waals surface area contributed by atoms with Crippen molar-refractivity contribution in [3.63, 3.8) is 0 Å². The number of hydrogen-bond donors (Lipinski definition) is 1. The summed E-state index contributed by atoms with van der Waals surface area (Å²) in [4.78, 5) is 16.4. The van der Waals surface area contributed by atoms with E-state index in [9.17, 15) is 4.79 Å². The summed E-state index contributed by atoms with van der Waals surface area (Å²) in [7, 11) is 0. The van der Waals surface area contributed by atoms with Gasteiger partial charge in [-0.3, -0.25) is 14.6 Å². The quantitative estimate of drug-likeness (QED) is 0.817. The zero-order valence-electron chi connectivity index (χ0n) is 12.6. The molecule has 0 radical (unpaired) electrons. The Morgan fingerprint density at radius 1 is 1.40 bits per heavy atom. The molecule has 0 aromatic rings. The number of ether oxygens (including phenoxy) is 1. The number of carbonyl (C=O) groups is 1. The molecule has 0 saturated carbocycles. The summed E-state index contributed by atoms with van der Waals surface area (Å²) < 4.78 is 5.35. The molecule has 0 aromatic heterocycles. The fraction of sp³-hybridized carbons (Fsp3) is 0.667. The number of hydrogen-bond acceptors (Lipinski definition) is 4. The maximum absolute atomic E-state index is 12.4. The molecular formula is C15H25N3O2. The monoisotopic (exact) mass is 279 g/mol. The Morgan fingerprint density at radius 3 is 2.65 bits per heavy atom. The van der Waals surface area contributed by atoms with Crippen LogP contribution in [0.2, 0.25) is 0 Å². The molecule has 2 aliphatic rings. The minimum atomic E-state index is -0.427. The lowest BCUT2D eigenvalue weighted by Gasteiger charge is -2.34. The van der Waals surface area contributed by atoms with Crippen molar-refractivity contribution in [2.24, 2.45) is 11.1 Å². The van der Waals surface area contributed by atoms with Gasteiger partial charge in [-0.2, -0.15) is 0 Å². The van der Waals surface area contributed by atoms with Crippen LogP contribution in [0.5, 0.6) is 0 Å². The van der Waals surface area contributed by atoms with Gasteiger partial charge >= 0.3 is 0 Å². The van der Waals surface area contributed by atoms with Crippen LogP contribution in [0.3, 0.4) is 0 Å². The minimum absolute atomic E-state index is 0.0498. The highest BCUT2D eigenvalue weighted by molar-refractivity contribution is 5.83. The molecule has 0 bridgehead atoms. The van der Waals surface area contributed by atoms with Gasteiger partial charge in [0.15, 0.2) is 0 Å². The summed E-state index contributed by atoms with van der Waals surface area (Å²) in [6, 6.07) is 0. The fourth-order valence-corrected chi connectivity index (χ4v) is 2.31. The summed E-state index contributed by atoms with van der Waals surface area (Å²) in [5.74, 6) is 0.0498. The summed E-state index contributed by atoms with van der Waals surface area (Å²) in [5, 5.41) is 0. The predicted octanol–water partition coefficient (Wildman–Crippen LogP) is 0.932. The molecule has 5 heteroatoms. The highest BCUT2D eigenvalue weighted by Gasteiger charge is 2.30. The number of nitrogens with zero attached hydrogens (tertiary/aromatic N) is 2. The third-order valence-electron chi connectivity index (χ3n) is 3.52. The average Bonchev–Trinajstić information content (AvgIpc) is 2.40. The molecule has 1 atom stereocenters. The van der Waals surface area contributed by atoms with Gasteiger partial charge < -0.3 is 10.5 Å². The lowest BCUT2D eigenvalue weighted by molar-refractivity contribution is -0.137. The van der Waals surface area contributed by atoms with Gasteiger partial charge in [0.2, 0.25) is 5.91 Å². The molecule has 2 aliphatic heterocycles. The van der Waals surface area contributed by atoms with Gasteiger partial charge in [0.05, 0.1) is 13.2 Å². The van der Waals surface area contributed by atoms with Crippen molar-refractivity contribution >= 4 is 5.91 Å². The molecule has 5 nitrogen and oxygen atoms in total. The van der Waals surface area contributed by atoms with E-state index in [1.165, 1.54) is 0 Å². The topological polar surface area (TPSA) is 58.8 Å². The van der Waals surface area contributed by atoms with E-state index < -0.39 is 5.41 Å². The average molecular weight is 279 g/mol. The number of nitrogens with two attached hydrogens (primary N) is 1. The molecule has 0 aromatic carbocycles. The van der Waals surface area contributed by atoms with Crippen molar-refractivity contribution in [1.82, 2.24) is 9.80 Å². The first-order valence-corrected chi connectivity index (χ1v) is 7.15. The smallest absolute Gasteiger partial charge is 0.233 e. The molecule has 1 saturated heterocycles. The largest absolute Gasteiger partial charge is 0.379 e. The van der Waals surface area contributed by atoms with Crippen molar-refractivity contribution in [3.8, 4) is 0 Å². The summed E-state index contributed by atoms with van der Waals surface area (Å²) in [6.45, 7) is 10.00. The van der Waals surface area contributed by atoms with Crippen LogP contribution in [-0.4, -0.2) is 54.7 Å². The summed E-state index contributed by atoms with van der Waals surface area (Å²) >= 11 is 0. The molecule has 2 heterocycles. The highest BCUT2D eigenvalue weighted by atomic mass is 16.5. The Kier molecular flexibility index (Phi) is 4.62. The van der Waals surface area contributed by atoms with Crippen LogP contribution >= 0.6 is 0 Å². The number of amides is 1. The Bertz CT molecular complexity index is 417. The fourth-order valence-electron chi connectivity index (χ4n) is 2.31. The van der Waals surface area contributed by atoms with Crippen molar-refractivity contribution in [2.45, 2.75) is 26.9 Å². The standard InChI is InChI=1S/C15H25N3O2/c1-15(2,3)14(19)18-11-12(4-5-13(18)16)10-17-6-8-20-9-7-17/h4-5,11,13H,6-10,16H2,1-3H3. The van der Waals surface area contributed by atoms with E-state index in [1.54, 1.807) is 4.90 Å². The zero-order valence-corrected chi connectivity index (χ0v) is 12.6. The normalized spacial score (nSPS) is 24.7. The van der Waals surface area contributed by atoms with Crippen LogP contribution in [0.1, 0.15) is 20.8 Å². The van der Waals surface area contributed by atoms with Gasteiger partial charge in [-0.25, -0.2) is 0 Å². The van der Waals surface area contributed by atoms with Crippen molar-refractivity contribution in [1.29, 1.82) is 0 Å². The molecule has 2 rings (SSSR count). The number of morpholine rings is 1. The molecular weight excluding hydrogens is 254 g/mol. The van der Waals surface area contributed by atoms with E-state index in [2.05, 4.69) is 4.90 Å². The maximum atomic E-state index is 12.4. The van der Waals surface area contributed by atoms with Crippen LogP contribution in [0, 0.1) is 5.41 Å². The molecule has 0 aliphatic carbocycles. The second-order valence-electron chi connectivity index (χ2n) is 6.40. The Hall–Kier alpha value is -1.17. The second-order valence-corrected chi connectivity index (χ2v) is 6.40. The van der Waals surface area contributed by atoms with Gasteiger partial charge in [0.25, 0.3) is 0 Å². The van der Waals surface area contributed by atoms with Gasteiger partial charge in [0, 0.05) is 31.2 Å². The van der Waals surface area contributed by atoms with E-state index in [4.69, 9.17) is 10.5 Å². The lowest BCUT2D eigenvalue weighted by atomic mass is 9.94. The van der Waals surface area contributed by atoms with E-state index in [-0.39, 0.29) is 12.1 Å². The first-order valence-electron chi connectivity index (χ1n) is 7.15. The molecule has 20 heavy (non-hydrogen) atoms. The summed E-state index contributed by atoms with van der Waals surface area (Å²) in [5.41, 5.74) is 6.70. The highest BCUT2D eigenvalue weighted by Crippen LogP contribution is 2.22. The Labute approximate surface area is 121 Å². The van der Waals surface area contributed by atoms with Crippen LogP contribution in [0.4, 0.5) is 0 Å². The zero-order chi connectivity index (χ0) is 14.8. The third-order valence-corrected chi connectivity index (χ3v) is 3.52. The van der Waals surface area contributed by atoms with Crippen LogP contribution < -0.4 is 5.73 Å². The molecule has 112 valence electrons. The number of carbonyl (C=O) groups excluding carboxylic acids is 1. The predicted molar refractivity (Wildman–Crippen MR) is 78.8 cm³/mol. The van der Waals surface area contributed by atoms with E-state index in [1.807, 2.05) is 39.1 Å². The van der Waals surface area contributed by atoms with Crippen molar-refractivity contribution in [2.75, 3.05) is 32.8 Å². The number of rotatable bonds is 2. The van der Waals surface area contributed by atoms with Gasteiger partial charge in [0.1, 0.15) is 6.17 Å². The van der Waals surface area contributed by atoms with E-state index in [0.29, 0.717) is 0 Å². The van der Waals surface area contributed by atoms with Crippen molar-refractivity contribution < 1.29 is 9.53 Å². The van der Waals surface area contributed by atoms with Crippen LogP contribution in [-0.2, 0) is 9.53 Å². The van der Waals surface area contributed by atoms with E-state index in [0.717, 1.165) is 38.4 Å². The van der Waals surface area contributed by atoms with Gasteiger partial charge in [-0.05, 0) is 11.6 Å². The van der Waals surface area contributed by atoms with E-state index >= 15 is 0 Å². The summed E-state index contributed by atoms with van der Waals surface area (Å²) in [6.07, 6.45) is 5.44. The SMILES string of the molecule is CC(C)(C)C(=O)N1C=C(CN2CCOCC2)C=CC1N. The first-order chi connectivity index (χ1) is 9.38. The van der Waals surface area contributed by atoms with Crippen LogP contribution in [0.25, 0.3) is 0 Å². The first kappa shape index (κ1) is 15.2. The maximum Gasteiger partial charge on any atom is 0.233 e. The van der Waals surface area contributed by atoms with Gasteiger partial charge in [-0.1, -0.05) is 26.8 Å². The molecule has 0 spiro atoms.